The van der Waals surface area contributed by atoms with Crippen LogP contribution in [0.25, 0.3) is 6.08 Å². The zero-order valence-corrected chi connectivity index (χ0v) is 22.6. The number of benzene rings is 3. The highest BCUT2D eigenvalue weighted by Gasteiger charge is 2.37. The van der Waals surface area contributed by atoms with Gasteiger partial charge in [-0.15, -0.1) is 0 Å². The van der Waals surface area contributed by atoms with Gasteiger partial charge in [-0.3, -0.25) is 14.9 Å². The number of esters is 1. The number of nitrogens with zero attached hydrogens (tertiary/aromatic N) is 1. The van der Waals surface area contributed by atoms with Crippen molar-refractivity contribution < 1.29 is 36.5 Å². The van der Waals surface area contributed by atoms with Crippen molar-refractivity contribution in [2.24, 2.45) is 0 Å². The number of imide groups is 2. The lowest BCUT2D eigenvalue weighted by molar-refractivity contribution is -0.122. The van der Waals surface area contributed by atoms with Crippen molar-refractivity contribution in [3.05, 3.63) is 93.0 Å². The molecule has 1 N–H and O–H groups in total. The number of nitrogens with one attached hydrogen (secondary N) is 1. The zero-order chi connectivity index (χ0) is 28.5. The van der Waals surface area contributed by atoms with Crippen LogP contribution in [0.4, 0.5) is 10.5 Å². The molecule has 0 unspecified atom stereocenters. The SMILES string of the molecule is COC(=O)c1ccc(N2C(=O)NC(=O)/C(=C\c3cc(Cl)cc(Cl)c3OS(=O)(=O)c3ccc(C)cc3)C2=O)cc1. The van der Waals surface area contributed by atoms with Gasteiger partial charge in [0.25, 0.3) is 11.8 Å². The molecule has 13 heteroatoms. The van der Waals surface area contributed by atoms with E-state index in [1.807, 2.05) is 5.32 Å². The maximum absolute atomic E-state index is 13.3. The van der Waals surface area contributed by atoms with Crippen LogP contribution in [0.5, 0.6) is 5.75 Å². The van der Waals surface area contributed by atoms with Crippen molar-refractivity contribution in [1.82, 2.24) is 5.32 Å². The summed E-state index contributed by atoms with van der Waals surface area (Å²) in [6.45, 7) is 1.78. The fourth-order valence-corrected chi connectivity index (χ4v) is 5.11. The van der Waals surface area contributed by atoms with Gasteiger partial charge in [0.2, 0.25) is 0 Å². The van der Waals surface area contributed by atoms with Gasteiger partial charge in [-0.2, -0.15) is 8.42 Å². The maximum Gasteiger partial charge on any atom is 0.339 e. The Kier molecular flexibility index (Phi) is 7.77. The van der Waals surface area contributed by atoms with Crippen molar-refractivity contribution in [3.63, 3.8) is 0 Å². The van der Waals surface area contributed by atoms with Gasteiger partial charge in [0.15, 0.2) is 5.75 Å². The first-order valence-corrected chi connectivity index (χ1v) is 13.2. The number of hydrogen-bond acceptors (Lipinski definition) is 8. The number of ether oxygens (including phenoxy) is 1. The molecule has 200 valence electrons. The molecule has 1 aliphatic rings. The highest BCUT2D eigenvalue weighted by Crippen LogP contribution is 2.36. The Labute approximate surface area is 232 Å². The number of hydrogen-bond donors (Lipinski definition) is 1. The lowest BCUT2D eigenvalue weighted by atomic mass is 10.1. The molecule has 0 saturated carbocycles. The summed E-state index contributed by atoms with van der Waals surface area (Å²) < 4.78 is 35.8. The van der Waals surface area contributed by atoms with Gasteiger partial charge in [0, 0.05) is 10.6 Å². The van der Waals surface area contributed by atoms with E-state index in [1.54, 1.807) is 19.1 Å². The van der Waals surface area contributed by atoms with Crippen LogP contribution in [0.3, 0.4) is 0 Å². The molecule has 4 rings (SSSR count). The maximum atomic E-state index is 13.3. The summed E-state index contributed by atoms with van der Waals surface area (Å²) in [7, 11) is -3.18. The number of urea groups is 1. The molecule has 1 saturated heterocycles. The Hall–Kier alpha value is -4.19. The van der Waals surface area contributed by atoms with Gasteiger partial charge < -0.3 is 8.92 Å². The molecule has 0 radical (unpaired) electrons. The summed E-state index contributed by atoms with van der Waals surface area (Å²) in [6, 6.07) is 12.6. The Morgan fingerprint density at radius 1 is 0.974 bits per heavy atom. The summed E-state index contributed by atoms with van der Waals surface area (Å²) in [5.41, 5.74) is 0.388. The van der Waals surface area contributed by atoms with Crippen LogP contribution in [-0.2, 0) is 24.4 Å². The molecule has 4 amide bonds. The number of anilines is 1. The molecule has 0 spiro atoms. The average Bonchev–Trinajstić information content (AvgIpc) is 2.88. The molecule has 1 aliphatic heterocycles. The van der Waals surface area contributed by atoms with Crippen LogP contribution in [0.1, 0.15) is 21.5 Å². The fraction of sp³-hybridized carbons (Fsp3) is 0.0769. The van der Waals surface area contributed by atoms with Gasteiger partial charge in [0.1, 0.15) is 10.5 Å². The summed E-state index contributed by atoms with van der Waals surface area (Å²) in [5.74, 6) is -3.09. The molecule has 39 heavy (non-hydrogen) atoms. The summed E-state index contributed by atoms with van der Waals surface area (Å²) >= 11 is 12.4. The predicted octanol–water partition coefficient (Wildman–Crippen LogP) is 4.52. The molecule has 0 atom stereocenters. The number of barbiturate groups is 1. The molecule has 3 aromatic rings. The first-order valence-electron chi connectivity index (χ1n) is 11.0. The highest BCUT2D eigenvalue weighted by atomic mass is 35.5. The first kappa shape index (κ1) is 27.8. The quantitative estimate of drug-likeness (QED) is 0.192. The number of aryl methyl sites for hydroxylation is 1. The van der Waals surface area contributed by atoms with E-state index in [4.69, 9.17) is 27.4 Å². The predicted molar refractivity (Wildman–Crippen MR) is 142 cm³/mol. The number of rotatable bonds is 6. The van der Waals surface area contributed by atoms with Crippen molar-refractivity contribution in [2.45, 2.75) is 11.8 Å². The van der Waals surface area contributed by atoms with E-state index < -0.39 is 39.5 Å². The van der Waals surface area contributed by atoms with E-state index in [1.165, 1.54) is 55.6 Å². The fourth-order valence-electron chi connectivity index (χ4n) is 3.55. The van der Waals surface area contributed by atoms with E-state index in [-0.39, 0.29) is 37.5 Å². The van der Waals surface area contributed by atoms with Gasteiger partial charge in [-0.1, -0.05) is 40.9 Å². The lowest BCUT2D eigenvalue weighted by Gasteiger charge is -2.26. The smallest absolute Gasteiger partial charge is 0.339 e. The standard InChI is InChI=1S/C26H18Cl2N2O8S/c1-14-3-9-19(10-4-14)39(35,36)38-22-16(11-17(27)13-21(22)28)12-20-23(31)29-26(34)30(24(20)32)18-7-5-15(6-8-18)25(33)37-2/h3-13H,1-2H3,(H,29,31,34)/b20-12+. The Morgan fingerprint density at radius 3 is 2.23 bits per heavy atom. The average molecular weight is 589 g/mol. The van der Waals surface area contributed by atoms with Crippen LogP contribution >= 0.6 is 23.2 Å². The van der Waals surface area contributed by atoms with E-state index in [9.17, 15) is 27.6 Å². The van der Waals surface area contributed by atoms with E-state index in [0.717, 1.165) is 11.6 Å². The highest BCUT2D eigenvalue weighted by molar-refractivity contribution is 7.87. The molecule has 10 nitrogen and oxygen atoms in total. The van der Waals surface area contributed by atoms with Crippen LogP contribution in [0.15, 0.2) is 71.1 Å². The van der Waals surface area contributed by atoms with Gasteiger partial charge in [-0.25, -0.2) is 14.5 Å². The van der Waals surface area contributed by atoms with E-state index >= 15 is 0 Å². The van der Waals surface area contributed by atoms with Crippen LogP contribution in [0.2, 0.25) is 10.0 Å². The largest absolute Gasteiger partial charge is 0.465 e. The zero-order valence-electron chi connectivity index (χ0n) is 20.2. The lowest BCUT2D eigenvalue weighted by Crippen LogP contribution is -2.54. The number of carbonyl (C=O) groups excluding carboxylic acids is 4. The number of amides is 4. The third-order valence-corrected chi connectivity index (χ3v) is 7.22. The number of halogens is 2. The minimum atomic E-state index is -4.38. The molecule has 1 fully saturated rings. The summed E-state index contributed by atoms with van der Waals surface area (Å²) in [5, 5.41) is 1.90. The summed E-state index contributed by atoms with van der Waals surface area (Å²) in [6.07, 6.45) is 1.01. The number of carbonyl (C=O) groups is 4. The van der Waals surface area contributed by atoms with Crippen molar-refractivity contribution >= 4 is 68.9 Å². The minimum absolute atomic E-state index is 0.0473. The molecular weight excluding hydrogens is 571 g/mol. The molecule has 3 aromatic carbocycles. The van der Waals surface area contributed by atoms with Gasteiger partial charge in [0.05, 0.1) is 23.4 Å². The van der Waals surface area contributed by atoms with Gasteiger partial charge in [-0.05, 0) is 61.5 Å². The van der Waals surface area contributed by atoms with Crippen molar-refractivity contribution in [1.29, 1.82) is 0 Å². The molecule has 0 bridgehead atoms. The second kappa shape index (κ2) is 10.9. The molecular formula is C26H18Cl2N2O8S. The van der Waals surface area contributed by atoms with Crippen LogP contribution < -0.4 is 14.4 Å². The molecule has 0 aromatic heterocycles. The minimum Gasteiger partial charge on any atom is -0.465 e. The van der Waals surface area contributed by atoms with E-state index in [2.05, 4.69) is 4.74 Å². The van der Waals surface area contributed by atoms with E-state index in [0.29, 0.717) is 4.90 Å². The number of methoxy groups -OCH3 is 1. The van der Waals surface area contributed by atoms with Crippen molar-refractivity contribution in [2.75, 3.05) is 12.0 Å². The van der Waals surface area contributed by atoms with Gasteiger partial charge >= 0.3 is 22.1 Å². The molecule has 1 heterocycles. The molecule has 0 aliphatic carbocycles. The van der Waals surface area contributed by atoms with Crippen LogP contribution in [-0.4, -0.2) is 39.3 Å². The second-order valence-electron chi connectivity index (χ2n) is 8.15. The normalized spacial score (nSPS) is 14.8. The third kappa shape index (κ3) is 5.80. The summed E-state index contributed by atoms with van der Waals surface area (Å²) in [4.78, 5) is 50.7. The third-order valence-electron chi connectivity index (χ3n) is 5.49. The van der Waals surface area contributed by atoms with Crippen molar-refractivity contribution in [3.8, 4) is 5.75 Å². The Bertz CT molecular complexity index is 1650. The Balaban J connectivity index is 1.75. The Morgan fingerprint density at radius 2 is 1.62 bits per heavy atom. The van der Waals surface area contributed by atoms with Crippen LogP contribution in [0, 0.1) is 6.92 Å². The second-order valence-corrected chi connectivity index (χ2v) is 10.5. The monoisotopic (exact) mass is 588 g/mol. The first-order chi connectivity index (χ1) is 18.4. The topological polar surface area (TPSA) is 136 Å².